The van der Waals surface area contributed by atoms with Crippen LogP contribution in [0.1, 0.15) is 32.1 Å². The van der Waals surface area contributed by atoms with Gasteiger partial charge in [0.1, 0.15) is 0 Å². The zero-order valence-corrected chi connectivity index (χ0v) is 9.28. The Bertz CT molecular complexity index is 245. The summed E-state index contributed by atoms with van der Waals surface area (Å²) in [5, 5.41) is 12.5. The maximum Gasteiger partial charge on any atom is 0.317 e. The van der Waals surface area contributed by atoms with Gasteiger partial charge in [-0.05, 0) is 25.7 Å². The molecule has 2 rings (SSSR count). The van der Waals surface area contributed by atoms with E-state index >= 15 is 0 Å². The number of carbonyl (C=O) groups is 1. The van der Waals surface area contributed by atoms with E-state index in [1.54, 1.807) is 7.05 Å². The molecule has 2 fully saturated rings. The van der Waals surface area contributed by atoms with Crippen LogP contribution in [0.4, 0.5) is 4.79 Å². The van der Waals surface area contributed by atoms with Crippen LogP contribution < -0.4 is 5.32 Å². The normalized spacial score (nSPS) is 35.9. The lowest BCUT2D eigenvalue weighted by Gasteiger charge is -2.30. The summed E-state index contributed by atoms with van der Waals surface area (Å²) in [4.78, 5) is 13.5. The number of nitrogens with one attached hydrogen (secondary N) is 1. The summed E-state index contributed by atoms with van der Waals surface area (Å²) in [6.45, 7) is 0.841. The predicted molar refractivity (Wildman–Crippen MR) is 57.5 cm³/mol. The third kappa shape index (κ3) is 1.95. The molecule has 0 bridgehead atoms. The van der Waals surface area contributed by atoms with E-state index in [1.807, 2.05) is 4.90 Å². The van der Waals surface area contributed by atoms with Crippen LogP contribution in [0.25, 0.3) is 0 Å². The molecule has 2 N–H and O–H groups in total. The van der Waals surface area contributed by atoms with Crippen LogP contribution in [0.15, 0.2) is 0 Å². The number of urea groups is 1. The first-order chi connectivity index (χ1) is 7.24. The van der Waals surface area contributed by atoms with Gasteiger partial charge in [-0.1, -0.05) is 6.42 Å². The second kappa shape index (κ2) is 4.39. The smallest absolute Gasteiger partial charge is 0.317 e. The maximum absolute atomic E-state index is 11.6. The molecule has 1 aliphatic carbocycles. The van der Waals surface area contributed by atoms with Crippen LogP contribution >= 0.6 is 0 Å². The third-order valence-corrected chi connectivity index (χ3v) is 3.80. The Balaban J connectivity index is 2.04. The average Bonchev–Trinajstić information content (AvgIpc) is 2.84. The van der Waals surface area contributed by atoms with Gasteiger partial charge in [0.2, 0.25) is 0 Å². The lowest BCUT2D eigenvalue weighted by molar-refractivity contribution is 0.0845. The van der Waals surface area contributed by atoms with Gasteiger partial charge in [0.05, 0.1) is 6.10 Å². The minimum absolute atomic E-state index is 0.0107. The Hall–Kier alpha value is -0.770. The summed E-state index contributed by atoms with van der Waals surface area (Å²) in [5.41, 5.74) is 0. The number of carbonyl (C=O) groups excluding carboxylic acids is 1. The van der Waals surface area contributed by atoms with Crippen LogP contribution in [0.2, 0.25) is 0 Å². The molecule has 0 spiro atoms. The summed E-state index contributed by atoms with van der Waals surface area (Å²) >= 11 is 0. The highest BCUT2D eigenvalue weighted by Crippen LogP contribution is 2.35. The predicted octanol–water partition coefficient (Wildman–Crippen LogP) is 0.951. The van der Waals surface area contributed by atoms with Crippen molar-refractivity contribution in [2.24, 2.45) is 5.92 Å². The Morgan fingerprint density at radius 3 is 2.73 bits per heavy atom. The molecule has 1 saturated heterocycles. The van der Waals surface area contributed by atoms with E-state index < -0.39 is 0 Å². The molecule has 4 heteroatoms. The van der Waals surface area contributed by atoms with E-state index in [1.165, 1.54) is 0 Å². The Labute approximate surface area is 90.6 Å². The fourth-order valence-electron chi connectivity index (χ4n) is 3.05. The van der Waals surface area contributed by atoms with Gasteiger partial charge in [-0.25, -0.2) is 4.79 Å². The quantitative estimate of drug-likeness (QED) is 0.680. The van der Waals surface area contributed by atoms with E-state index in [0.717, 1.165) is 38.6 Å². The lowest BCUT2D eigenvalue weighted by Crippen LogP contribution is -2.46. The Morgan fingerprint density at radius 1 is 1.33 bits per heavy atom. The highest BCUT2D eigenvalue weighted by molar-refractivity contribution is 5.74. The monoisotopic (exact) mass is 212 g/mol. The minimum Gasteiger partial charge on any atom is -0.393 e. The summed E-state index contributed by atoms with van der Waals surface area (Å²) < 4.78 is 0. The van der Waals surface area contributed by atoms with E-state index in [9.17, 15) is 9.90 Å². The molecule has 0 radical (unpaired) electrons. The number of hydrogen-bond acceptors (Lipinski definition) is 2. The molecule has 0 aromatic heterocycles. The van der Waals surface area contributed by atoms with Gasteiger partial charge in [0.15, 0.2) is 0 Å². The first-order valence-electron chi connectivity index (χ1n) is 5.90. The maximum atomic E-state index is 11.6. The fraction of sp³-hybridized carbons (Fsp3) is 0.909. The van der Waals surface area contributed by atoms with Gasteiger partial charge < -0.3 is 15.3 Å². The Kier molecular flexibility index (Phi) is 3.14. The topological polar surface area (TPSA) is 52.6 Å². The zero-order valence-electron chi connectivity index (χ0n) is 9.28. The number of aliphatic hydroxyl groups excluding tert-OH is 1. The molecule has 15 heavy (non-hydrogen) atoms. The highest BCUT2D eigenvalue weighted by atomic mass is 16.3. The average molecular weight is 212 g/mol. The van der Waals surface area contributed by atoms with Crippen molar-refractivity contribution in [3.05, 3.63) is 0 Å². The van der Waals surface area contributed by atoms with Crippen LogP contribution in [-0.2, 0) is 0 Å². The van der Waals surface area contributed by atoms with Crippen LogP contribution in [0.3, 0.4) is 0 Å². The van der Waals surface area contributed by atoms with Gasteiger partial charge in [-0.3, -0.25) is 0 Å². The summed E-state index contributed by atoms with van der Waals surface area (Å²) in [6, 6.07) is 0.277. The summed E-state index contributed by atoms with van der Waals surface area (Å²) in [5.74, 6) is 0.310. The van der Waals surface area contributed by atoms with Crippen molar-refractivity contribution in [3.8, 4) is 0 Å². The molecule has 2 amide bonds. The van der Waals surface area contributed by atoms with E-state index in [2.05, 4.69) is 5.32 Å². The molecule has 3 atom stereocenters. The molecule has 0 aromatic rings. The molecule has 1 aliphatic heterocycles. The van der Waals surface area contributed by atoms with Crippen molar-refractivity contribution in [2.75, 3.05) is 13.6 Å². The first kappa shape index (κ1) is 10.7. The molecule has 4 nitrogen and oxygen atoms in total. The minimum atomic E-state index is -0.194. The summed E-state index contributed by atoms with van der Waals surface area (Å²) in [7, 11) is 1.67. The van der Waals surface area contributed by atoms with Crippen LogP contribution in [0, 0.1) is 5.92 Å². The van der Waals surface area contributed by atoms with Crippen molar-refractivity contribution in [1.82, 2.24) is 10.2 Å². The standard InChI is InChI=1S/C11H20N2O2/c1-12-11(15)13-7-3-5-9(13)8-4-2-6-10(8)14/h8-10,14H,2-7H2,1H3,(H,12,15). The third-order valence-electron chi connectivity index (χ3n) is 3.80. The number of amides is 2. The molecule has 3 unspecified atom stereocenters. The molecule has 1 saturated carbocycles. The Morgan fingerprint density at radius 2 is 2.13 bits per heavy atom. The van der Waals surface area contributed by atoms with E-state index in [0.29, 0.717) is 5.92 Å². The van der Waals surface area contributed by atoms with Gasteiger partial charge in [-0.2, -0.15) is 0 Å². The van der Waals surface area contributed by atoms with Gasteiger partial charge in [0.25, 0.3) is 0 Å². The van der Waals surface area contributed by atoms with Crippen molar-refractivity contribution in [2.45, 2.75) is 44.2 Å². The van der Waals surface area contributed by atoms with Crippen molar-refractivity contribution in [3.63, 3.8) is 0 Å². The van der Waals surface area contributed by atoms with Crippen LogP contribution in [-0.4, -0.2) is 41.8 Å². The molecule has 86 valence electrons. The largest absolute Gasteiger partial charge is 0.393 e. The van der Waals surface area contributed by atoms with Crippen molar-refractivity contribution in [1.29, 1.82) is 0 Å². The van der Waals surface area contributed by atoms with Gasteiger partial charge >= 0.3 is 6.03 Å². The number of hydrogen-bond donors (Lipinski definition) is 2. The van der Waals surface area contributed by atoms with E-state index in [-0.39, 0.29) is 18.2 Å². The second-order valence-corrected chi connectivity index (χ2v) is 4.62. The van der Waals surface area contributed by atoms with E-state index in [4.69, 9.17) is 0 Å². The van der Waals surface area contributed by atoms with Gasteiger partial charge in [-0.15, -0.1) is 0 Å². The fourth-order valence-corrected chi connectivity index (χ4v) is 3.05. The molecule has 0 aromatic carbocycles. The first-order valence-corrected chi connectivity index (χ1v) is 5.90. The van der Waals surface area contributed by atoms with Crippen LogP contribution in [0.5, 0.6) is 0 Å². The van der Waals surface area contributed by atoms with Gasteiger partial charge in [0, 0.05) is 25.6 Å². The molecule has 1 heterocycles. The molecule has 2 aliphatic rings. The number of nitrogens with zero attached hydrogens (tertiary/aromatic N) is 1. The second-order valence-electron chi connectivity index (χ2n) is 4.62. The molecular formula is C11H20N2O2. The summed E-state index contributed by atoms with van der Waals surface area (Å²) in [6.07, 6.45) is 5.00. The number of likely N-dealkylation sites (tertiary alicyclic amines) is 1. The highest BCUT2D eigenvalue weighted by Gasteiger charge is 2.39. The number of rotatable bonds is 1. The molecular weight excluding hydrogens is 192 g/mol. The SMILES string of the molecule is CNC(=O)N1CCCC1C1CCCC1O. The number of aliphatic hydroxyl groups is 1. The zero-order chi connectivity index (χ0) is 10.8. The lowest BCUT2D eigenvalue weighted by atomic mass is 9.94. The van der Waals surface area contributed by atoms with Crippen molar-refractivity contribution < 1.29 is 9.90 Å². The van der Waals surface area contributed by atoms with Crippen molar-refractivity contribution >= 4 is 6.03 Å².